The van der Waals surface area contributed by atoms with E-state index >= 15 is 0 Å². The number of hydrogen-bond donors (Lipinski definition) is 2. The molecule has 0 radical (unpaired) electrons. The lowest BCUT2D eigenvalue weighted by Gasteiger charge is -2.22. The Bertz CT molecular complexity index is 592. The molecule has 1 aromatic carbocycles. The molecule has 0 amide bonds. The van der Waals surface area contributed by atoms with E-state index in [1.54, 1.807) is 31.2 Å². The van der Waals surface area contributed by atoms with Crippen LogP contribution in [0.25, 0.3) is 0 Å². The minimum Gasteiger partial charge on any atom is -0.411 e. The Hall–Kier alpha value is -1.60. The molecule has 0 aliphatic carbocycles. The number of rotatable bonds is 4. The Morgan fingerprint density at radius 2 is 2.10 bits per heavy atom. The molecule has 0 saturated carbocycles. The summed E-state index contributed by atoms with van der Waals surface area (Å²) in [6.07, 6.45) is 1.01. The molecule has 1 aliphatic rings. The van der Waals surface area contributed by atoms with Gasteiger partial charge in [0.2, 0.25) is 10.0 Å². The lowest BCUT2D eigenvalue weighted by Crippen LogP contribution is -2.33. The minimum atomic E-state index is -3.42. The molecule has 1 heterocycles. The summed E-state index contributed by atoms with van der Waals surface area (Å²) in [6, 6.07) is 6.78. The second kappa shape index (κ2) is 6.23. The molecule has 110 valence electrons. The summed E-state index contributed by atoms with van der Waals surface area (Å²) in [5.74, 6) is 0. The molecule has 6 nitrogen and oxygen atoms in total. The zero-order chi connectivity index (χ0) is 14.6. The summed E-state index contributed by atoms with van der Waals surface area (Å²) in [4.78, 5) is 0. The van der Waals surface area contributed by atoms with E-state index in [4.69, 9.17) is 9.94 Å². The predicted molar refractivity (Wildman–Crippen MR) is 76.8 cm³/mol. The lowest BCUT2D eigenvalue weighted by molar-refractivity contribution is 0.0984. The van der Waals surface area contributed by atoms with Gasteiger partial charge in [-0.15, -0.1) is 0 Å². The first kappa shape index (κ1) is 14.8. The van der Waals surface area contributed by atoms with Crippen LogP contribution in [0.5, 0.6) is 0 Å². The number of nitrogens with one attached hydrogen (secondary N) is 1. The van der Waals surface area contributed by atoms with Crippen molar-refractivity contribution in [1.29, 1.82) is 0 Å². The number of benzene rings is 1. The Labute approximate surface area is 118 Å². The molecule has 0 aromatic heterocycles. The largest absolute Gasteiger partial charge is 0.411 e. The molecule has 1 aromatic rings. The van der Waals surface area contributed by atoms with E-state index in [0.717, 1.165) is 0 Å². The molecule has 0 spiro atoms. The fourth-order valence-electron chi connectivity index (χ4n) is 2.10. The predicted octanol–water partition coefficient (Wildman–Crippen LogP) is 1.81. The third kappa shape index (κ3) is 3.49. The normalized spacial score (nSPS) is 17.9. The van der Waals surface area contributed by atoms with E-state index in [1.807, 2.05) is 0 Å². The zero-order valence-electron chi connectivity index (χ0n) is 11.2. The molecule has 0 bridgehead atoms. The quantitative estimate of drug-likeness (QED) is 0.504. The van der Waals surface area contributed by atoms with E-state index in [1.165, 1.54) is 0 Å². The SMILES string of the molecule is CC(=NO)c1cccc(NS(=O)(=O)C2CCOCC2)c1. The van der Waals surface area contributed by atoms with Gasteiger partial charge in [-0.3, -0.25) is 4.72 Å². The molecule has 1 aliphatic heterocycles. The van der Waals surface area contributed by atoms with Crippen molar-refractivity contribution in [3.05, 3.63) is 29.8 Å². The van der Waals surface area contributed by atoms with Crippen molar-refractivity contribution in [2.75, 3.05) is 17.9 Å². The number of nitrogens with zero attached hydrogens (tertiary/aromatic N) is 1. The molecule has 0 atom stereocenters. The van der Waals surface area contributed by atoms with Crippen LogP contribution in [0.1, 0.15) is 25.3 Å². The number of sulfonamides is 1. The maximum absolute atomic E-state index is 12.3. The third-order valence-electron chi connectivity index (χ3n) is 3.30. The van der Waals surface area contributed by atoms with Crippen LogP contribution in [-0.4, -0.2) is 37.8 Å². The third-order valence-corrected chi connectivity index (χ3v) is 5.17. The smallest absolute Gasteiger partial charge is 0.235 e. The molecule has 2 N–H and O–H groups in total. The summed E-state index contributed by atoms with van der Waals surface area (Å²) < 4.78 is 32.3. The number of hydrogen-bond acceptors (Lipinski definition) is 5. The van der Waals surface area contributed by atoms with Gasteiger partial charge in [-0.25, -0.2) is 8.42 Å². The highest BCUT2D eigenvalue weighted by molar-refractivity contribution is 7.93. The van der Waals surface area contributed by atoms with Crippen molar-refractivity contribution in [2.24, 2.45) is 5.16 Å². The van der Waals surface area contributed by atoms with E-state index < -0.39 is 15.3 Å². The lowest BCUT2D eigenvalue weighted by atomic mass is 10.1. The van der Waals surface area contributed by atoms with Crippen LogP contribution >= 0.6 is 0 Å². The van der Waals surface area contributed by atoms with E-state index in [0.29, 0.717) is 43.0 Å². The van der Waals surface area contributed by atoms with E-state index in [9.17, 15) is 8.42 Å². The molecular formula is C13H18N2O4S. The standard InChI is InChI=1S/C13H18N2O4S/c1-10(14-16)11-3-2-4-12(9-11)15-20(17,18)13-5-7-19-8-6-13/h2-4,9,13,15-16H,5-8H2,1H3. The molecule has 7 heteroatoms. The van der Waals surface area contributed by atoms with Gasteiger partial charge in [-0.2, -0.15) is 0 Å². The highest BCUT2D eigenvalue weighted by atomic mass is 32.2. The molecule has 0 unspecified atom stereocenters. The van der Waals surface area contributed by atoms with Crippen molar-refractivity contribution in [2.45, 2.75) is 25.0 Å². The Morgan fingerprint density at radius 3 is 2.75 bits per heavy atom. The number of anilines is 1. The van der Waals surface area contributed by atoms with Gasteiger partial charge in [0.1, 0.15) is 0 Å². The van der Waals surface area contributed by atoms with Crippen molar-refractivity contribution in [1.82, 2.24) is 0 Å². The average molecular weight is 298 g/mol. The topological polar surface area (TPSA) is 88.0 Å². The summed E-state index contributed by atoms with van der Waals surface area (Å²) >= 11 is 0. The first-order valence-electron chi connectivity index (χ1n) is 6.41. The summed E-state index contributed by atoms with van der Waals surface area (Å²) in [7, 11) is -3.42. The van der Waals surface area contributed by atoms with Gasteiger partial charge in [0.05, 0.1) is 11.0 Å². The van der Waals surface area contributed by atoms with Crippen molar-refractivity contribution in [3.63, 3.8) is 0 Å². The second-order valence-corrected chi connectivity index (χ2v) is 6.69. The van der Waals surface area contributed by atoms with Crippen LogP contribution < -0.4 is 4.72 Å². The fourth-order valence-corrected chi connectivity index (χ4v) is 3.53. The first-order chi connectivity index (χ1) is 9.53. The Morgan fingerprint density at radius 1 is 1.40 bits per heavy atom. The molecular weight excluding hydrogens is 280 g/mol. The van der Waals surface area contributed by atoms with Crippen LogP contribution in [0.2, 0.25) is 0 Å². The zero-order valence-corrected chi connectivity index (χ0v) is 12.1. The van der Waals surface area contributed by atoms with Gasteiger partial charge >= 0.3 is 0 Å². The maximum Gasteiger partial charge on any atom is 0.235 e. The molecule has 1 saturated heterocycles. The first-order valence-corrected chi connectivity index (χ1v) is 7.96. The van der Waals surface area contributed by atoms with Gasteiger partial charge < -0.3 is 9.94 Å². The number of ether oxygens (including phenoxy) is 1. The van der Waals surface area contributed by atoms with Crippen LogP contribution in [0.4, 0.5) is 5.69 Å². The highest BCUT2D eigenvalue weighted by Gasteiger charge is 2.27. The minimum absolute atomic E-state index is 0.424. The summed E-state index contributed by atoms with van der Waals surface area (Å²) in [5, 5.41) is 11.4. The van der Waals surface area contributed by atoms with Crippen molar-refractivity contribution in [3.8, 4) is 0 Å². The van der Waals surface area contributed by atoms with Crippen LogP contribution in [0.15, 0.2) is 29.4 Å². The van der Waals surface area contributed by atoms with Crippen LogP contribution in [0, 0.1) is 0 Å². The van der Waals surface area contributed by atoms with Gasteiger partial charge in [-0.1, -0.05) is 17.3 Å². The van der Waals surface area contributed by atoms with Crippen molar-refractivity contribution < 1.29 is 18.4 Å². The number of oxime groups is 1. The monoisotopic (exact) mass is 298 g/mol. The Balaban J connectivity index is 2.16. The Kier molecular flexibility index (Phi) is 4.61. The molecule has 1 fully saturated rings. The van der Waals surface area contributed by atoms with Gasteiger partial charge in [0.25, 0.3) is 0 Å². The maximum atomic E-state index is 12.3. The van der Waals surface area contributed by atoms with Crippen LogP contribution in [-0.2, 0) is 14.8 Å². The van der Waals surface area contributed by atoms with E-state index in [2.05, 4.69) is 9.88 Å². The summed E-state index contributed by atoms with van der Waals surface area (Å²) in [6.45, 7) is 2.59. The van der Waals surface area contributed by atoms with Crippen molar-refractivity contribution >= 4 is 21.4 Å². The van der Waals surface area contributed by atoms with E-state index in [-0.39, 0.29) is 0 Å². The molecule has 2 rings (SSSR count). The van der Waals surface area contributed by atoms with Gasteiger partial charge in [0.15, 0.2) is 0 Å². The fraction of sp³-hybridized carbons (Fsp3) is 0.462. The van der Waals surface area contributed by atoms with Gasteiger partial charge in [-0.05, 0) is 31.9 Å². The van der Waals surface area contributed by atoms with Gasteiger partial charge in [0, 0.05) is 24.5 Å². The second-order valence-electron chi connectivity index (χ2n) is 4.73. The summed E-state index contributed by atoms with van der Waals surface area (Å²) in [5.41, 5.74) is 1.56. The molecule has 20 heavy (non-hydrogen) atoms. The van der Waals surface area contributed by atoms with Crippen LogP contribution in [0.3, 0.4) is 0 Å². The highest BCUT2D eigenvalue weighted by Crippen LogP contribution is 2.20. The average Bonchev–Trinajstić information content (AvgIpc) is 2.47.